The first-order valence-corrected chi connectivity index (χ1v) is 6.05. The Labute approximate surface area is 113 Å². The second-order valence-corrected chi connectivity index (χ2v) is 4.69. The van der Waals surface area contributed by atoms with Crippen LogP contribution in [0.25, 0.3) is 0 Å². The third kappa shape index (κ3) is 3.04. The predicted molar refractivity (Wildman–Crippen MR) is 64.2 cm³/mol. The van der Waals surface area contributed by atoms with Crippen molar-refractivity contribution in [1.82, 2.24) is 4.90 Å². The number of carbonyl (C=O) groups is 1. The Kier molecular flexibility index (Phi) is 3.89. The van der Waals surface area contributed by atoms with Crippen molar-refractivity contribution in [2.24, 2.45) is 0 Å². The number of hydrogen-bond acceptors (Lipinski definition) is 3. The van der Waals surface area contributed by atoms with Gasteiger partial charge in [-0.05, 0) is 18.6 Å². The van der Waals surface area contributed by atoms with E-state index in [0.717, 1.165) is 10.5 Å². The summed E-state index contributed by atoms with van der Waals surface area (Å²) in [7, 11) is 0. The standard InChI is InChI=1S/C13H14F3NO3/c1-8-4-2-3-5-10(8)20-9-6-17(7-9)12(19)11(18)13(14,15)16/h2-5,9,11,18H,6-7H2,1H3/t11-/m1/s1. The van der Waals surface area contributed by atoms with Gasteiger partial charge in [0.1, 0.15) is 11.9 Å². The Balaban J connectivity index is 1.86. The van der Waals surface area contributed by atoms with Crippen molar-refractivity contribution >= 4 is 5.91 Å². The Morgan fingerprint density at radius 3 is 2.55 bits per heavy atom. The average Bonchev–Trinajstić information content (AvgIpc) is 2.32. The van der Waals surface area contributed by atoms with Crippen molar-refractivity contribution in [3.05, 3.63) is 29.8 Å². The van der Waals surface area contributed by atoms with Crippen LogP contribution >= 0.6 is 0 Å². The first kappa shape index (κ1) is 14.6. The lowest BCUT2D eigenvalue weighted by Gasteiger charge is -2.40. The minimum atomic E-state index is -4.93. The van der Waals surface area contributed by atoms with E-state index >= 15 is 0 Å². The Morgan fingerprint density at radius 2 is 2.00 bits per heavy atom. The molecule has 0 aliphatic carbocycles. The minimum Gasteiger partial charge on any atom is -0.486 e. The number of halogens is 3. The van der Waals surface area contributed by atoms with Crippen LogP contribution in [0.1, 0.15) is 5.56 Å². The number of para-hydroxylation sites is 1. The molecule has 20 heavy (non-hydrogen) atoms. The number of aliphatic hydroxyl groups is 1. The minimum absolute atomic E-state index is 0.0420. The van der Waals surface area contributed by atoms with Gasteiger partial charge in [0.25, 0.3) is 5.91 Å². The zero-order valence-corrected chi connectivity index (χ0v) is 10.7. The largest absolute Gasteiger partial charge is 0.486 e. The van der Waals surface area contributed by atoms with Gasteiger partial charge in [-0.15, -0.1) is 0 Å². The second-order valence-electron chi connectivity index (χ2n) is 4.69. The lowest BCUT2D eigenvalue weighted by molar-refractivity contribution is -0.214. The number of ether oxygens (including phenoxy) is 1. The fourth-order valence-electron chi connectivity index (χ4n) is 1.87. The van der Waals surface area contributed by atoms with E-state index in [1.54, 1.807) is 12.1 Å². The van der Waals surface area contributed by atoms with Gasteiger partial charge < -0.3 is 14.7 Å². The van der Waals surface area contributed by atoms with Crippen LogP contribution in [0.5, 0.6) is 5.75 Å². The molecule has 0 unspecified atom stereocenters. The molecule has 0 bridgehead atoms. The maximum atomic E-state index is 12.2. The van der Waals surface area contributed by atoms with Crippen LogP contribution in [0.4, 0.5) is 13.2 Å². The summed E-state index contributed by atoms with van der Waals surface area (Å²) in [6.45, 7) is 1.94. The van der Waals surface area contributed by atoms with E-state index in [1.165, 1.54) is 0 Å². The van der Waals surface area contributed by atoms with Gasteiger partial charge in [-0.25, -0.2) is 0 Å². The summed E-state index contributed by atoms with van der Waals surface area (Å²) in [6, 6.07) is 7.24. The Morgan fingerprint density at radius 1 is 1.40 bits per heavy atom. The van der Waals surface area contributed by atoms with E-state index in [2.05, 4.69) is 0 Å². The zero-order valence-electron chi connectivity index (χ0n) is 10.7. The highest BCUT2D eigenvalue weighted by Crippen LogP contribution is 2.25. The summed E-state index contributed by atoms with van der Waals surface area (Å²) in [5.41, 5.74) is 0.910. The number of likely N-dealkylation sites (tertiary alicyclic amines) is 1. The van der Waals surface area contributed by atoms with Gasteiger partial charge in [0.15, 0.2) is 0 Å². The number of rotatable bonds is 3. The summed E-state index contributed by atoms with van der Waals surface area (Å²) < 4.78 is 42.1. The van der Waals surface area contributed by atoms with Gasteiger partial charge in [0.2, 0.25) is 6.10 Å². The fraction of sp³-hybridized carbons (Fsp3) is 0.462. The van der Waals surface area contributed by atoms with Crippen LogP contribution in [0, 0.1) is 6.92 Å². The summed E-state index contributed by atoms with van der Waals surface area (Å²) in [4.78, 5) is 12.3. The third-order valence-corrected chi connectivity index (χ3v) is 3.09. The molecule has 0 spiro atoms. The quantitative estimate of drug-likeness (QED) is 0.917. The molecule has 4 nitrogen and oxygen atoms in total. The van der Waals surface area contributed by atoms with Crippen molar-refractivity contribution in [3.63, 3.8) is 0 Å². The van der Waals surface area contributed by atoms with E-state index < -0.39 is 18.2 Å². The number of alkyl halides is 3. The van der Waals surface area contributed by atoms with Crippen LogP contribution in [0.15, 0.2) is 24.3 Å². The average molecular weight is 289 g/mol. The normalized spacial score (nSPS) is 17.6. The smallest absolute Gasteiger partial charge is 0.423 e. The second kappa shape index (κ2) is 5.32. The SMILES string of the molecule is Cc1ccccc1OC1CN(C(=O)[C@@H](O)C(F)(F)F)C1. The summed E-state index contributed by atoms with van der Waals surface area (Å²) in [5.74, 6) is -0.692. The van der Waals surface area contributed by atoms with Gasteiger partial charge in [-0.2, -0.15) is 13.2 Å². The number of aliphatic hydroxyl groups excluding tert-OH is 1. The van der Waals surface area contributed by atoms with Crippen molar-refractivity contribution in [2.75, 3.05) is 13.1 Å². The van der Waals surface area contributed by atoms with E-state index in [-0.39, 0.29) is 19.2 Å². The predicted octanol–water partition coefficient (Wildman–Crippen LogP) is 1.51. The van der Waals surface area contributed by atoms with Crippen LogP contribution in [0.3, 0.4) is 0 Å². The first-order chi connectivity index (χ1) is 9.29. The number of amides is 1. The topological polar surface area (TPSA) is 49.8 Å². The van der Waals surface area contributed by atoms with Gasteiger partial charge in [-0.3, -0.25) is 4.79 Å². The molecule has 1 aromatic carbocycles. The molecule has 1 heterocycles. The Bertz CT molecular complexity index is 498. The highest BCUT2D eigenvalue weighted by molar-refractivity contribution is 5.82. The fourth-order valence-corrected chi connectivity index (χ4v) is 1.87. The van der Waals surface area contributed by atoms with Crippen LogP contribution in [0.2, 0.25) is 0 Å². The highest BCUT2D eigenvalue weighted by Gasteiger charge is 2.48. The number of benzene rings is 1. The van der Waals surface area contributed by atoms with E-state index in [0.29, 0.717) is 5.75 Å². The van der Waals surface area contributed by atoms with Crippen LogP contribution in [-0.4, -0.2) is 47.4 Å². The summed E-state index contributed by atoms with van der Waals surface area (Å²) in [6.07, 6.45) is -8.23. The van der Waals surface area contributed by atoms with E-state index in [1.807, 2.05) is 19.1 Å². The van der Waals surface area contributed by atoms with Crippen molar-refractivity contribution in [1.29, 1.82) is 0 Å². The molecule has 0 aromatic heterocycles. The first-order valence-electron chi connectivity index (χ1n) is 6.05. The monoisotopic (exact) mass is 289 g/mol. The highest BCUT2D eigenvalue weighted by atomic mass is 19.4. The van der Waals surface area contributed by atoms with Gasteiger partial charge in [-0.1, -0.05) is 18.2 Å². The number of carbonyl (C=O) groups excluding carboxylic acids is 1. The molecule has 0 radical (unpaired) electrons. The zero-order chi connectivity index (χ0) is 14.9. The van der Waals surface area contributed by atoms with Gasteiger partial charge in [0, 0.05) is 0 Å². The molecule has 1 atom stereocenters. The molecule has 7 heteroatoms. The summed E-state index contributed by atoms with van der Waals surface area (Å²) in [5, 5.41) is 8.85. The molecule has 1 aliphatic rings. The molecule has 1 amide bonds. The van der Waals surface area contributed by atoms with E-state index in [4.69, 9.17) is 9.84 Å². The molecule has 1 saturated heterocycles. The Hall–Kier alpha value is -1.76. The maximum Gasteiger partial charge on any atom is 0.423 e. The molecular weight excluding hydrogens is 275 g/mol. The number of hydrogen-bond donors (Lipinski definition) is 1. The number of aryl methyl sites for hydroxylation is 1. The van der Waals surface area contributed by atoms with Gasteiger partial charge in [0.05, 0.1) is 13.1 Å². The van der Waals surface area contributed by atoms with Crippen LogP contribution < -0.4 is 4.74 Å². The molecule has 1 N–H and O–H groups in total. The third-order valence-electron chi connectivity index (χ3n) is 3.09. The number of nitrogens with zero attached hydrogens (tertiary/aromatic N) is 1. The molecular formula is C13H14F3NO3. The molecule has 2 rings (SSSR count). The molecule has 1 aromatic rings. The van der Waals surface area contributed by atoms with Crippen molar-refractivity contribution in [3.8, 4) is 5.75 Å². The van der Waals surface area contributed by atoms with E-state index in [9.17, 15) is 18.0 Å². The lowest BCUT2D eigenvalue weighted by Crippen LogP contribution is -2.60. The van der Waals surface area contributed by atoms with Crippen molar-refractivity contribution < 1.29 is 27.8 Å². The lowest BCUT2D eigenvalue weighted by atomic mass is 10.1. The van der Waals surface area contributed by atoms with Crippen LogP contribution in [-0.2, 0) is 4.79 Å². The molecule has 110 valence electrons. The molecule has 0 saturated carbocycles. The van der Waals surface area contributed by atoms with Crippen molar-refractivity contribution in [2.45, 2.75) is 25.3 Å². The summed E-state index contributed by atoms with van der Waals surface area (Å²) >= 11 is 0. The molecule has 1 aliphatic heterocycles. The molecule has 1 fully saturated rings. The van der Waals surface area contributed by atoms with Gasteiger partial charge >= 0.3 is 6.18 Å². The maximum absolute atomic E-state index is 12.2.